The van der Waals surface area contributed by atoms with Crippen molar-refractivity contribution in [1.82, 2.24) is 14.8 Å². The predicted octanol–water partition coefficient (Wildman–Crippen LogP) is 3.18. The molecule has 0 bridgehead atoms. The molecular formula is C17H16ClN5O. The van der Waals surface area contributed by atoms with Gasteiger partial charge in [-0.25, -0.2) is 9.67 Å². The van der Waals surface area contributed by atoms with E-state index in [9.17, 15) is 4.79 Å². The second-order valence-corrected chi connectivity index (χ2v) is 5.58. The second-order valence-electron chi connectivity index (χ2n) is 5.18. The maximum absolute atomic E-state index is 11.9. The molecule has 3 aromatic rings. The largest absolute Gasteiger partial charge is 0.380 e. The Labute approximate surface area is 144 Å². The van der Waals surface area contributed by atoms with Gasteiger partial charge in [0.25, 0.3) is 0 Å². The molecule has 6 nitrogen and oxygen atoms in total. The number of halogens is 1. The van der Waals surface area contributed by atoms with Gasteiger partial charge in [-0.1, -0.05) is 41.9 Å². The van der Waals surface area contributed by atoms with E-state index >= 15 is 0 Å². The molecule has 0 radical (unpaired) electrons. The number of anilines is 2. The molecule has 0 aliphatic heterocycles. The fourth-order valence-corrected chi connectivity index (χ4v) is 2.44. The minimum atomic E-state index is -0.193. The molecular weight excluding hydrogens is 326 g/mol. The van der Waals surface area contributed by atoms with Crippen molar-refractivity contribution in [1.29, 1.82) is 0 Å². The van der Waals surface area contributed by atoms with E-state index in [0.29, 0.717) is 17.3 Å². The highest BCUT2D eigenvalue weighted by Crippen LogP contribution is 2.26. The fourth-order valence-electron chi connectivity index (χ4n) is 2.19. The first kappa shape index (κ1) is 16.0. The number of aromatic nitrogens is 3. The van der Waals surface area contributed by atoms with Crippen LogP contribution in [-0.4, -0.2) is 20.7 Å². The normalized spacial score (nSPS) is 10.4. The highest BCUT2D eigenvalue weighted by atomic mass is 35.5. The van der Waals surface area contributed by atoms with Gasteiger partial charge in [0.15, 0.2) is 0 Å². The maximum atomic E-state index is 11.9. The number of amides is 1. The molecule has 0 aliphatic rings. The molecule has 7 heteroatoms. The van der Waals surface area contributed by atoms with Crippen molar-refractivity contribution < 1.29 is 4.79 Å². The van der Waals surface area contributed by atoms with Crippen LogP contribution in [0.1, 0.15) is 5.56 Å². The molecule has 1 amide bonds. The lowest BCUT2D eigenvalue weighted by Gasteiger charge is -2.11. The van der Waals surface area contributed by atoms with Crippen molar-refractivity contribution in [3.8, 4) is 0 Å². The van der Waals surface area contributed by atoms with Crippen LogP contribution in [0.15, 0.2) is 61.2 Å². The monoisotopic (exact) mass is 341 g/mol. The number of carbonyl (C=O) groups excluding carboxylic acids is 1. The minimum Gasteiger partial charge on any atom is -0.380 e. The molecule has 3 rings (SSSR count). The van der Waals surface area contributed by atoms with E-state index in [1.807, 2.05) is 36.4 Å². The lowest BCUT2D eigenvalue weighted by molar-refractivity contribution is -0.116. The Bertz CT molecular complexity index is 805. The van der Waals surface area contributed by atoms with Gasteiger partial charge in [0.2, 0.25) is 5.91 Å². The van der Waals surface area contributed by atoms with Crippen LogP contribution in [-0.2, 0) is 17.9 Å². The molecule has 0 fully saturated rings. The van der Waals surface area contributed by atoms with Crippen LogP contribution in [0.25, 0.3) is 0 Å². The van der Waals surface area contributed by atoms with E-state index in [-0.39, 0.29) is 12.5 Å². The molecule has 2 aromatic carbocycles. The molecule has 0 saturated carbocycles. The van der Waals surface area contributed by atoms with Crippen molar-refractivity contribution in [3.05, 3.63) is 71.8 Å². The van der Waals surface area contributed by atoms with Gasteiger partial charge in [0.05, 0.1) is 10.7 Å². The number of benzene rings is 2. The number of rotatable bonds is 6. The number of nitrogens with one attached hydrogen (secondary N) is 2. The zero-order valence-electron chi connectivity index (χ0n) is 12.8. The zero-order valence-corrected chi connectivity index (χ0v) is 13.6. The summed E-state index contributed by atoms with van der Waals surface area (Å²) in [5.74, 6) is -0.193. The standard InChI is InChI=1S/C17H16ClN5O/c18-15-8-14(22-17(24)10-23-12-19-11-21-23)6-7-16(15)20-9-13-4-2-1-3-5-13/h1-8,11-12,20H,9-10H2,(H,22,24). The lowest BCUT2D eigenvalue weighted by Crippen LogP contribution is -2.19. The van der Waals surface area contributed by atoms with Crippen LogP contribution in [0.4, 0.5) is 11.4 Å². The fraction of sp³-hybridized carbons (Fsp3) is 0.118. The van der Waals surface area contributed by atoms with Gasteiger partial charge >= 0.3 is 0 Å². The van der Waals surface area contributed by atoms with E-state index in [4.69, 9.17) is 11.6 Å². The van der Waals surface area contributed by atoms with Crippen molar-refractivity contribution in [3.63, 3.8) is 0 Å². The summed E-state index contributed by atoms with van der Waals surface area (Å²) in [6.45, 7) is 0.782. The Kier molecular flexibility index (Phi) is 5.08. The van der Waals surface area contributed by atoms with E-state index in [2.05, 4.69) is 20.7 Å². The number of hydrogen-bond donors (Lipinski definition) is 2. The van der Waals surface area contributed by atoms with Gasteiger partial charge in [-0.15, -0.1) is 0 Å². The highest BCUT2D eigenvalue weighted by molar-refractivity contribution is 6.33. The quantitative estimate of drug-likeness (QED) is 0.722. The van der Waals surface area contributed by atoms with Crippen molar-refractivity contribution >= 4 is 28.9 Å². The summed E-state index contributed by atoms with van der Waals surface area (Å²) >= 11 is 6.28. The first-order valence-electron chi connectivity index (χ1n) is 7.40. The third kappa shape index (κ3) is 4.33. The van der Waals surface area contributed by atoms with Crippen LogP contribution in [0.5, 0.6) is 0 Å². The molecule has 2 N–H and O–H groups in total. The van der Waals surface area contributed by atoms with E-state index in [0.717, 1.165) is 5.69 Å². The van der Waals surface area contributed by atoms with Gasteiger partial charge in [0.1, 0.15) is 19.2 Å². The number of hydrogen-bond acceptors (Lipinski definition) is 4. The molecule has 0 spiro atoms. The average molecular weight is 342 g/mol. The minimum absolute atomic E-state index is 0.103. The maximum Gasteiger partial charge on any atom is 0.246 e. The van der Waals surface area contributed by atoms with E-state index < -0.39 is 0 Å². The summed E-state index contributed by atoms with van der Waals surface area (Å²) in [5, 5.41) is 10.5. The van der Waals surface area contributed by atoms with E-state index in [1.165, 1.54) is 22.9 Å². The zero-order chi connectivity index (χ0) is 16.8. The van der Waals surface area contributed by atoms with E-state index in [1.54, 1.807) is 12.1 Å². The lowest BCUT2D eigenvalue weighted by atomic mass is 10.2. The molecule has 1 aromatic heterocycles. The van der Waals surface area contributed by atoms with Gasteiger partial charge < -0.3 is 10.6 Å². The molecule has 0 unspecified atom stereocenters. The van der Waals surface area contributed by atoms with Crippen LogP contribution in [0.3, 0.4) is 0 Å². The molecule has 1 heterocycles. The summed E-state index contributed by atoms with van der Waals surface area (Å²) in [6, 6.07) is 15.4. The molecule has 0 saturated heterocycles. The van der Waals surface area contributed by atoms with Crippen LogP contribution in [0.2, 0.25) is 5.02 Å². The van der Waals surface area contributed by atoms with Gasteiger partial charge in [-0.05, 0) is 23.8 Å². The van der Waals surface area contributed by atoms with Gasteiger partial charge in [0, 0.05) is 12.2 Å². The SMILES string of the molecule is O=C(Cn1cncn1)Nc1ccc(NCc2ccccc2)c(Cl)c1. The number of carbonyl (C=O) groups is 1. The van der Waals surface area contributed by atoms with Gasteiger partial charge in [-0.3, -0.25) is 4.79 Å². The van der Waals surface area contributed by atoms with Crippen LogP contribution < -0.4 is 10.6 Å². The smallest absolute Gasteiger partial charge is 0.246 e. The Morgan fingerprint density at radius 1 is 1.17 bits per heavy atom. The van der Waals surface area contributed by atoms with Crippen molar-refractivity contribution in [2.75, 3.05) is 10.6 Å². The Hall–Kier alpha value is -2.86. The molecule has 24 heavy (non-hydrogen) atoms. The Morgan fingerprint density at radius 3 is 2.71 bits per heavy atom. The first-order valence-corrected chi connectivity index (χ1v) is 7.78. The summed E-state index contributed by atoms with van der Waals surface area (Å²) < 4.78 is 1.45. The molecule has 0 atom stereocenters. The van der Waals surface area contributed by atoms with Crippen LogP contribution in [0, 0.1) is 0 Å². The first-order chi connectivity index (χ1) is 11.7. The molecule has 0 aliphatic carbocycles. The second kappa shape index (κ2) is 7.61. The van der Waals surface area contributed by atoms with Crippen molar-refractivity contribution in [2.24, 2.45) is 0 Å². The predicted molar refractivity (Wildman–Crippen MR) is 93.9 cm³/mol. The average Bonchev–Trinajstić information content (AvgIpc) is 3.08. The summed E-state index contributed by atoms with van der Waals surface area (Å²) in [4.78, 5) is 15.7. The summed E-state index contributed by atoms with van der Waals surface area (Å²) in [6.07, 6.45) is 2.88. The summed E-state index contributed by atoms with van der Waals surface area (Å²) in [5.41, 5.74) is 2.61. The van der Waals surface area contributed by atoms with Crippen molar-refractivity contribution in [2.45, 2.75) is 13.1 Å². The third-order valence-corrected chi connectivity index (χ3v) is 3.66. The third-order valence-electron chi connectivity index (χ3n) is 3.35. The van der Waals surface area contributed by atoms with Gasteiger partial charge in [-0.2, -0.15) is 5.10 Å². The topological polar surface area (TPSA) is 71.8 Å². The Morgan fingerprint density at radius 2 is 2.00 bits per heavy atom. The van der Waals surface area contributed by atoms with Crippen LogP contribution >= 0.6 is 11.6 Å². The highest BCUT2D eigenvalue weighted by Gasteiger charge is 2.07. The summed E-state index contributed by atoms with van der Waals surface area (Å²) in [7, 11) is 0. The Balaban J connectivity index is 1.58. The number of nitrogens with zero attached hydrogens (tertiary/aromatic N) is 3. The molecule has 122 valence electrons.